The summed E-state index contributed by atoms with van der Waals surface area (Å²) in [5.41, 5.74) is 2.68. The molecule has 9 heteroatoms. The van der Waals surface area contributed by atoms with E-state index in [2.05, 4.69) is 32.5 Å². The third-order valence-electron chi connectivity index (χ3n) is 5.24. The van der Waals surface area contributed by atoms with Crippen molar-refractivity contribution in [1.82, 2.24) is 10.2 Å². The Bertz CT molecular complexity index is 1050. The van der Waals surface area contributed by atoms with Gasteiger partial charge in [-0.05, 0) is 61.7 Å². The molecule has 0 aliphatic carbocycles. The molecule has 0 unspecified atom stereocenters. The van der Waals surface area contributed by atoms with Crippen molar-refractivity contribution in [3.8, 4) is 23.0 Å². The average molecular weight is 455 g/mol. The zero-order valence-electron chi connectivity index (χ0n) is 18.2. The van der Waals surface area contributed by atoms with Crippen LogP contribution in [0.4, 0.5) is 11.4 Å². The molecular formula is C23H26N4O4S. The number of hydrogen-bond acceptors (Lipinski definition) is 8. The third kappa shape index (κ3) is 5.34. The molecule has 0 atom stereocenters. The summed E-state index contributed by atoms with van der Waals surface area (Å²) in [4.78, 5) is 14.7. The zero-order chi connectivity index (χ0) is 22.3. The molecule has 2 aromatic carbocycles. The van der Waals surface area contributed by atoms with Gasteiger partial charge in [-0.1, -0.05) is 11.8 Å². The van der Waals surface area contributed by atoms with Gasteiger partial charge < -0.3 is 24.1 Å². The molecule has 2 heterocycles. The lowest BCUT2D eigenvalue weighted by atomic mass is 10.1. The van der Waals surface area contributed by atoms with Gasteiger partial charge in [0.15, 0.2) is 11.5 Å². The van der Waals surface area contributed by atoms with Gasteiger partial charge in [-0.2, -0.15) is 0 Å². The topological polar surface area (TPSA) is 89.7 Å². The van der Waals surface area contributed by atoms with Gasteiger partial charge in [-0.3, -0.25) is 4.79 Å². The predicted molar refractivity (Wildman–Crippen MR) is 125 cm³/mol. The second-order valence-electron chi connectivity index (χ2n) is 7.37. The summed E-state index contributed by atoms with van der Waals surface area (Å²) >= 11 is 1.19. The van der Waals surface area contributed by atoms with Crippen molar-refractivity contribution in [2.45, 2.75) is 24.5 Å². The van der Waals surface area contributed by atoms with Gasteiger partial charge in [-0.15, -0.1) is 10.2 Å². The maximum atomic E-state index is 12.3. The van der Waals surface area contributed by atoms with Crippen molar-refractivity contribution in [3.63, 3.8) is 0 Å². The van der Waals surface area contributed by atoms with Crippen LogP contribution in [0.1, 0.15) is 19.3 Å². The number of hydrogen-bond donors (Lipinski definition) is 1. The number of nitrogens with one attached hydrogen (secondary N) is 1. The summed E-state index contributed by atoms with van der Waals surface area (Å²) in [5, 5.41) is 11.3. The third-order valence-corrected chi connectivity index (χ3v) is 6.05. The van der Waals surface area contributed by atoms with E-state index in [9.17, 15) is 4.79 Å². The van der Waals surface area contributed by atoms with Crippen LogP contribution in [0.3, 0.4) is 0 Å². The maximum Gasteiger partial charge on any atom is 0.277 e. The van der Waals surface area contributed by atoms with Crippen LogP contribution < -0.4 is 19.7 Å². The number of carbonyl (C=O) groups excluding carboxylic acids is 1. The van der Waals surface area contributed by atoms with E-state index in [1.54, 1.807) is 26.4 Å². The minimum absolute atomic E-state index is 0.133. The molecule has 1 aromatic heterocycles. The lowest BCUT2D eigenvalue weighted by Crippen LogP contribution is -2.29. The van der Waals surface area contributed by atoms with Crippen LogP contribution >= 0.6 is 11.8 Å². The van der Waals surface area contributed by atoms with E-state index in [4.69, 9.17) is 13.9 Å². The number of thioether (sulfide) groups is 1. The average Bonchev–Trinajstić information content (AvgIpc) is 3.32. The number of methoxy groups -OCH3 is 2. The van der Waals surface area contributed by atoms with E-state index in [1.165, 1.54) is 36.7 Å². The minimum Gasteiger partial charge on any atom is -0.493 e. The molecular weight excluding hydrogens is 428 g/mol. The summed E-state index contributed by atoms with van der Waals surface area (Å²) in [5.74, 6) is 1.57. The van der Waals surface area contributed by atoms with Crippen LogP contribution in [-0.2, 0) is 4.79 Å². The number of amides is 1. The molecule has 0 spiro atoms. The highest BCUT2D eigenvalue weighted by Crippen LogP contribution is 2.32. The van der Waals surface area contributed by atoms with Crippen molar-refractivity contribution in [2.24, 2.45) is 0 Å². The van der Waals surface area contributed by atoms with Crippen LogP contribution in [0.25, 0.3) is 11.5 Å². The number of aromatic nitrogens is 2. The van der Waals surface area contributed by atoms with Crippen molar-refractivity contribution < 1.29 is 18.7 Å². The van der Waals surface area contributed by atoms with Gasteiger partial charge in [0.2, 0.25) is 11.8 Å². The van der Waals surface area contributed by atoms with Crippen molar-refractivity contribution in [1.29, 1.82) is 0 Å². The molecule has 0 bridgehead atoms. The lowest BCUT2D eigenvalue weighted by molar-refractivity contribution is -0.113. The molecule has 168 valence electrons. The number of carbonyl (C=O) groups is 1. The van der Waals surface area contributed by atoms with Gasteiger partial charge >= 0.3 is 0 Å². The zero-order valence-corrected chi connectivity index (χ0v) is 19.0. The Morgan fingerprint density at radius 1 is 1.03 bits per heavy atom. The molecule has 1 fully saturated rings. The molecule has 1 aliphatic heterocycles. The first kappa shape index (κ1) is 22.0. The SMILES string of the molecule is COc1ccc(-c2nnc(SCC(=O)Nc3ccc(N4CCCCC4)cc3)o2)cc1OC. The number of benzene rings is 2. The number of rotatable bonds is 8. The van der Waals surface area contributed by atoms with Gasteiger partial charge in [-0.25, -0.2) is 0 Å². The first-order chi connectivity index (χ1) is 15.7. The van der Waals surface area contributed by atoms with Crippen LogP contribution in [0.2, 0.25) is 0 Å². The fraction of sp³-hybridized carbons (Fsp3) is 0.348. The molecule has 8 nitrogen and oxygen atoms in total. The Hall–Kier alpha value is -3.20. The summed E-state index contributed by atoms with van der Waals surface area (Å²) < 4.78 is 16.2. The van der Waals surface area contributed by atoms with Gasteiger partial charge in [0.25, 0.3) is 5.22 Å². The van der Waals surface area contributed by atoms with E-state index in [0.717, 1.165) is 18.8 Å². The largest absolute Gasteiger partial charge is 0.493 e. The molecule has 1 saturated heterocycles. The number of piperidine rings is 1. The van der Waals surface area contributed by atoms with Gasteiger partial charge in [0, 0.05) is 30.0 Å². The lowest BCUT2D eigenvalue weighted by Gasteiger charge is -2.28. The summed E-state index contributed by atoms with van der Waals surface area (Å²) in [6.07, 6.45) is 3.77. The van der Waals surface area contributed by atoms with Gasteiger partial charge in [0.05, 0.1) is 20.0 Å². The Morgan fingerprint density at radius 2 is 1.78 bits per heavy atom. The van der Waals surface area contributed by atoms with Gasteiger partial charge in [0.1, 0.15) is 0 Å². The molecule has 32 heavy (non-hydrogen) atoms. The van der Waals surface area contributed by atoms with E-state index in [-0.39, 0.29) is 11.7 Å². The van der Waals surface area contributed by atoms with Crippen LogP contribution in [0.15, 0.2) is 52.1 Å². The fourth-order valence-electron chi connectivity index (χ4n) is 3.59. The number of nitrogens with zero attached hydrogens (tertiary/aromatic N) is 3. The highest BCUT2D eigenvalue weighted by atomic mass is 32.2. The number of anilines is 2. The molecule has 4 rings (SSSR count). The summed E-state index contributed by atoms with van der Waals surface area (Å²) in [7, 11) is 3.14. The van der Waals surface area contributed by atoms with E-state index < -0.39 is 0 Å². The molecule has 0 radical (unpaired) electrons. The minimum atomic E-state index is -0.133. The molecule has 0 saturated carbocycles. The molecule has 1 aliphatic rings. The first-order valence-corrected chi connectivity index (χ1v) is 11.5. The molecule has 1 N–H and O–H groups in total. The molecule has 3 aromatic rings. The Labute approximate surface area is 191 Å². The first-order valence-electron chi connectivity index (χ1n) is 10.5. The number of ether oxygens (including phenoxy) is 2. The standard InChI is InChI=1S/C23H26N4O4S/c1-29-19-11-6-16(14-20(19)30-2)22-25-26-23(31-22)32-15-21(28)24-17-7-9-18(10-8-17)27-12-4-3-5-13-27/h6-11,14H,3-5,12-13,15H2,1-2H3,(H,24,28). The second-order valence-corrected chi connectivity index (χ2v) is 8.30. The van der Waals surface area contributed by atoms with E-state index in [0.29, 0.717) is 28.2 Å². The Morgan fingerprint density at radius 3 is 2.50 bits per heavy atom. The summed E-state index contributed by atoms with van der Waals surface area (Å²) in [6, 6.07) is 13.3. The maximum absolute atomic E-state index is 12.3. The van der Waals surface area contributed by atoms with E-state index in [1.807, 2.05) is 18.2 Å². The highest BCUT2D eigenvalue weighted by molar-refractivity contribution is 7.99. The Kier molecular flexibility index (Phi) is 7.16. The van der Waals surface area contributed by atoms with E-state index >= 15 is 0 Å². The smallest absolute Gasteiger partial charge is 0.277 e. The quantitative estimate of drug-likeness (QED) is 0.499. The normalized spacial score (nSPS) is 13.6. The fourth-order valence-corrected chi connectivity index (χ4v) is 4.15. The Balaban J connectivity index is 1.30. The predicted octanol–water partition coefficient (Wildman–Crippen LogP) is 4.47. The monoisotopic (exact) mass is 454 g/mol. The summed E-state index contributed by atoms with van der Waals surface area (Å²) in [6.45, 7) is 2.19. The van der Waals surface area contributed by atoms with Crippen molar-refractivity contribution in [2.75, 3.05) is 43.3 Å². The van der Waals surface area contributed by atoms with Crippen LogP contribution in [0, 0.1) is 0 Å². The molecule has 1 amide bonds. The van der Waals surface area contributed by atoms with Crippen LogP contribution in [-0.4, -0.2) is 49.2 Å². The second kappa shape index (κ2) is 10.4. The van der Waals surface area contributed by atoms with Crippen LogP contribution in [0.5, 0.6) is 11.5 Å². The van der Waals surface area contributed by atoms with Crippen molar-refractivity contribution in [3.05, 3.63) is 42.5 Å². The van der Waals surface area contributed by atoms with Crippen molar-refractivity contribution >= 4 is 29.0 Å². The highest BCUT2D eigenvalue weighted by Gasteiger charge is 2.14.